The van der Waals surface area contributed by atoms with Crippen LogP contribution in [-0.2, 0) is 23.8 Å². The summed E-state index contributed by atoms with van der Waals surface area (Å²) in [4.78, 5) is 25.6. The maximum absolute atomic E-state index is 12.9. The molecule has 0 aliphatic carbocycles. The minimum Gasteiger partial charge on any atom is -0.462 e. The molecule has 0 aromatic rings. The van der Waals surface area contributed by atoms with Crippen molar-refractivity contribution in [3.8, 4) is 0 Å². The zero-order valence-corrected chi connectivity index (χ0v) is 48.1. The summed E-state index contributed by atoms with van der Waals surface area (Å²) in [6.07, 6.45) is 73.9. The van der Waals surface area contributed by atoms with Gasteiger partial charge in [-0.25, -0.2) is 0 Å². The third-order valence-electron chi connectivity index (χ3n) is 14.8. The summed E-state index contributed by atoms with van der Waals surface area (Å²) in [5.74, 6) is -0.367. The Hall–Kier alpha value is -1.36. The van der Waals surface area contributed by atoms with Gasteiger partial charge in [-0.15, -0.1) is 0 Å². The predicted octanol–water partition coefficient (Wildman–Crippen LogP) is 22.1. The van der Waals surface area contributed by atoms with E-state index in [2.05, 4.69) is 32.9 Å². The Labute approximate surface area is 439 Å². The average Bonchev–Trinajstić information content (AvgIpc) is 3.36. The van der Waals surface area contributed by atoms with E-state index < -0.39 is 6.10 Å². The van der Waals surface area contributed by atoms with Gasteiger partial charge < -0.3 is 14.2 Å². The Morgan fingerprint density at radius 2 is 0.557 bits per heavy atom. The van der Waals surface area contributed by atoms with Gasteiger partial charge in [0.2, 0.25) is 0 Å². The van der Waals surface area contributed by atoms with Crippen molar-refractivity contribution in [1.29, 1.82) is 0 Å². The van der Waals surface area contributed by atoms with Crippen LogP contribution in [0.3, 0.4) is 0 Å². The van der Waals surface area contributed by atoms with Crippen LogP contribution in [0, 0.1) is 0 Å². The van der Waals surface area contributed by atoms with Crippen LogP contribution in [0.4, 0.5) is 0 Å². The summed E-state index contributed by atoms with van der Waals surface area (Å²) in [5.41, 5.74) is 0. The zero-order chi connectivity index (χ0) is 50.6. The largest absolute Gasteiger partial charge is 0.462 e. The molecule has 1 atom stereocenters. The van der Waals surface area contributed by atoms with Crippen LogP contribution >= 0.6 is 0 Å². The molecule has 0 amide bonds. The number of unbranched alkanes of at least 4 members (excludes halogenated alkanes) is 48. The van der Waals surface area contributed by atoms with Crippen molar-refractivity contribution in [3.05, 3.63) is 12.2 Å². The summed E-state index contributed by atoms with van der Waals surface area (Å²) < 4.78 is 17.6. The van der Waals surface area contributed by atoms with Gasteiger partial charge >= 0.3 is 11.9 Å². The molecule has 0 heterocycles. The quantitative estimate of drug-likeness (QED) is 0.0345. The van der Waals surface area contributed by atoms with Gasteiger partial charge in [-0.05, 0) is 44.9 Å². The number of ether oxygens (including phenoxy) is 3. The number of carbonyl (C=O) groups is 2. The molecule has 0 radical (unpaired) electrons. The Bertz CT molecular complexity index is 1030. The second-order valence-electron chi connectivity index (χ2n) is 22.0. The van der Waals surface area contributed by atoms with Crippen LogP contribution in [0.1, 0.15) is 367 Å². The Morgan fingerprint density at radius 1 is 0.300 bits per heavy atom. The lowest BCUT2D eigenvalue weighted by Gasteiger charge is -2.18. The minimum absolute atomic E-state index is 0.0954. The molecule has 0 bridgehead atoms. The normalized spacial score (nSPS) is 12.1. The molecule has 0 aliphatic rings. The van der Waals surface area contributed by atoms with Crippen LogP contribution in [0.2, 0.25) is 0 Å². The fourth-order valence-corrected chi connectivity index (χ4v) is 9.98. The summed E-state index contributed by atoms with van der Waals surface area (Å²) in [6, 6.07) is 0. The van der Waals surface area contributed by atoms with E-state index in [0.717, 1.165) is 32.1 Å². The SMILES string of the molecule is CCCCCCCC/C=C\CCCCCCCCCCCC(=O)O[C@H](COCCCCCCCCCCCCCCCCCC)COC(=O)CCCCCCCCCCCCCCCCCCCCC. The molecule has 0 saturated heterocycles. The number of esters is 2. The van der Waals surface area contributed by atoms with E-state index in [4.69, 9.17) is 14.2 Å². The second-order valence-corrected chi connectivity index (χ2v) is 22.0. The first-order valence-corrected chi connectivity index (χ1v) is 32.2. The molecule has 5 nitrogen and oxygen atoms in total. The summed E-state index contributed by atoms with van der Waals surface area (Å²) >= 11 is 0. The molecule has 0 aliphatic heterocycles. The highest BCUT2D eigenvalue weighted by Crippen LogP contribution is 2.18. The Morgan fingerprint density at radius 3 is 0.871 bits per heavy atom. The van der Waals surface area contributed by atoms with E-state index in [1.807, 2.05) is 0 Å². The van der Waals surface area contributed by atoms with E-state index in [1.54, 1.807) is 0 Å². The number of hydrogen-bond donors (Lipinski definition) is 0. The zero-order valence-electron chi connectivity index (χ0n) is 48.1. The molecule has 0 rings (SSSR count). The highest BCUT2D eigenvalue weighted by Gasteiger charge is 2.18. The Balaban J connectivity index is 4.19. The number of carbonyl (C=O) groups excluding carboxylic acids is 2. The van der Waals surface area contributed by atoms with Crippen molar-refractivity contribution >= 4 is 11.9 Å². The van der Waals surface area contributed by atoms with Crippen molar-refractivity contribution < 1.29 is 23.8 Å². The lowest BCUT2D eigenvalue weighted by molar-refractivity contribution is -0.163. The third-order valence-corrected chi connectivity index (χ3v) is 14.8. The summed E-state index contributed by atoms with van der Waals surface area (Å²) in [6.45, 7) is 7.93. The highest BCUT2D eigenvalue weighted by molar-refractivity contribution is 5.70. The smallest absolute Gasteiger partial charge is 0.306 e. The molecule has 0 fully saturated rings. The Kier molecular flexibility index (Phi) is 60.7. The van der Waals surface area contributed by atoms with Crippen LogP contribution in [0.15, 0.2) is 12.2 Å². The average molecular weight is 988 g/mol. The molecule has 70 heavy (non-hydrogen) atoms. The molecule has 0 aromatic carbocycles. The molecule has 0 N–H and O–H groups in total. The maximum atomic E-state index is 12.9. The van der Waals surface area contributed by atoms with E-state index in [0.29, 0.717) is 26.1 Å². The van der Waals surface area contributed by atoms with Gasteiger partial charge in [-0.1, -0.05) is 322 Å². The summed E-state index contributed by atoms with van der Waals surface area (Å²) in [5, 5.41) is 0. The molecular weight excluding hydrogens is 861 g/mol. The van der Waals surface area contributed by atoms with Crippen LogP contribution in [0.25, 0.3) is 0 Å². The van der Waals surface area contributed by atoms with Crippen molar-refractivity contribution in [2.45, 2.75) is 374 Å². The standard InChI is InChI=1S/C65H126O5/c1-4-7-10-13-16-19-22-25-28-31-33-35-37-40-43-46-49-52-55-58-64(66)69-62-63(61-68-60-57-54-51-48-45-42-39-30-27-24-21-18-15-12-9-6-3)70-65(67)59-56-53-50-47-44-41-38-36-34-32-29-26-23-20-17-14-11-8-5-2/h26,29,63H,4-25,27-28,30-62H2,1-3H3/b29-26-/t63-/m1/s1. The van der Waals surface area contributed by atoms with E-state index in [9.17, 15) is 9.59 Å². The van der Waals surface area contributed by atoms with Crippen molar-refractivity contribution in [1.82, 2.24) is 0 Å². The van der Waals surface area contributed by atoms with Gasteiger partial charge in [-0.3, -0.25) is 9.59 Å². The number of rotatable bonds is 61. The van der Waals surface area contributed by atoms with Gasteiger partial charge in [0.15, 0.2) is 6.10 Å². The van der Waals surface area contributed by atoms with Crippen LogP contribution in [0.5, 0.6) is 0 Å². The van der Waals surface area contributed by atoms with Crippen molar-refractivity contribution in [2.75, 3.05) is 19.8 Å². The molecule has 0 saturated carbocycles. The van der Waals surface area contributed by atoms with Gasteiger partial charge in [0.1, 0.15) is 6.61 Å². The minimum atomic E-state index is -0.529. The van der Waals surface area contributed by atoms with E-state index in [1.165, 1.54) is 302 Å². The highest BCUT2D eigenvalue weighted by atomic mass is 16.6. The van der Waals surface area contributed by atoms with Gasteiger partial charge in [-0.2, -0.15) is 0 Å². The number of hydrogen-bond acceptors (Lipinski definition) is 5. The van der Waals surface area contributed by atoms with Gasteiger partial charge in [0.05, 0.1) is 6.61 Å². The maximum Gasteiger partial charge on any atom is 0.306 e. The predicted molar refractivity (Wildman–Crippen MR) is 307 cm³/mol. The van der Waals surface area contributed by atoms with E-state index in [-0.39, 0.29) is 18.5 Å². The van der Waals surface area contributed by atoms with E-state index >= 15 is 0 Å². The fourth-order valence-electron chi connectivity index (χ4n) is 9.98. The topological polar surface area (TPSA) is 61.8 Å². The first-order chi connectivity index (χ1) is 34.6. The third kappa shape index (κ3) is 59.2. The fraction of sp³-hybridized carbons (Fsp3) is 0.938. The van der Waals surface area contributed by atoms with Crippen molar-refractivity contribution in [2.24, 2.45) is 0 Å². The van der Waals surface area contributed by atoms with Gasteiger partial charge in [0.25, 0.3) is 0 Å². The first-order valence-electron chi connectivity index (χ1n) is 32.2. The molecule has 0 unspecified atom stereocenters. The van der Waals surface area contributed by atoms with Crippen LogP contribution in [-0.4, -0.2) is 37.9 Å². The monoisotopic (exact) mass is 987 g/mol. The lowest BCUT2D eigenvalue weighted by atomic mass is 10.0. The second kappa shape index (κ2) is 61.9. The number of allylic oxidation sites excluding steroid dienone is 2. The molecule has 416 valence electrons. The van der Waals surface area contributed by atoms with Gasteiger partial charge in [0, 0.05) is 19.4 Å². The molecular formula is C65H126O5. The van der Waals surface area contributed by atoms with Crippen LogP contribution < -0.4 is 0 Å². The molecule has 0 spiro atoms. The van der Waals surface area contributed by atoms with Crippen molar-refractivity contribution in [3.63, 3.8) is 0 Å². The lowest BCUT2D eigenvalue weighted by Crippen LogP contribution is -2.30. The summed E-state index contributed by atoms with van der Waals surface area (Å²) in [7, 11) is 0. The first kappa shape index (κ1) is 68.6. The molecule has 0 aromatic heterocycles. The molecule has 5 heteroatoms.